The molecule has 1 fully saturated rings. The summed E-state index contributed by atoms with van der Waals surface area (Å²) in [5.41, 5.74) is 3.13. The highest BCUT2D eigenvalue weighted by Crippen LogP contribution is 2.24. The number of anilines is 2. The van der Waals surface area contributed by atoms with Crippen molar-refractivity contribution >= 4 is 28.4 Å². The summed E-state index contributed by atoms with van der Waals surface area (Å²) in [6, 6.07) is 11.0. The lowest BCUT2D eigenvalue weighted by molar-refractivity contribution is 0.102. The van der Waals surface area contributed by atoms with Gasteiger partial charge in [-0.05, 0) is 42.9 Å². The van der Waals surface area contributed by atoms with E-state index in [4.69, 9.17) is 4.11 Å². The van der Waals surface area contributed by atoms with Crippen LogP contribution in [0.15, 0.2) is 55.0 Å². The molecule has 1 amide bonds. The molecule has 0 bridgehead atoms. The summed E-state index contributed by atoms with van der Waals surface area (Å²) in [7, 11) is 1.87. The predicted octanol–water partition coefficient (Wildman–Crippen LogP) is 2.43. The van der Waals surface area contributed by atoms with Crippen LogP contribution >= 0.6 is 0 Å². The van der Waals surface area contributed by atoms with Gasteiger partial charge in [-0.3, -0.25) is 9.48 Å². The Morgan fingerprint density at radius 1 is 1.06 bits per heavy atom. The van der Waals surface area contributed by atoms with Crippen LogP contribution in [0.25, 0.3) is 22.0 Å². The van der Waals surface area contributed by atoms with Gasteiger partial charge in [0.15, 0.2) is 5.82 Å². The molecule has 0 saturated carbocycles. The number of nitrogens with one attached hydrogen (secondary N) is 1. The number of aromatic nitrogens is 5. The number of aryl methyl sites for hydroxylation is 1. The van der Waals surface area contributed by atoms with Gasteiger partial charge < -0.3 is 15.1 Å². The van der Waals surface area contributed by atoms with Gasteiger partial charge >= 0.3 is 0 Å². The molecule has 1 aromatic carbocycles. The van der Waals surface area contributed by atoms with Crippen molar-refractivity contribution in [3.8, 4) is 11.1 Å². The molecule has 1 N–H and O–H groups in total. The van der Waals surface area contributed by atoms with E-state index in [9.17, 15) is 4.79 Å². The first-order valence-corrected chi connectivity index (χ1v) is 10.3. The lowest BCUT2D eigenvalue weighted by Crippen LogP contribution is -2.44. The molecule has 1 aliphatic heterocycles. The number of hydrogen-bond donors (Lipinski definition) is 1. The van der Waals surface area contributed by atoms with Crippen molar-refractivity contribution < 1.29 is 8.91 Å². The monoisotopic (exact) mass is 431 g/mol. The summed E-state index contributed by atoms with van der Waals surface area (Å²) in [5.74, 6) is 0.649. The Hall–Kier alpha value is -3.85. The fourth-order valence-corrected chi connectivity index (χ4v) is 3.71. The molecule has 0 atom stereocenters. The van der Waals surface area contributed by atoms with Gasteiger partial charge in [-0.25, -0.2) is 4.98 Å². The molecule has 0 radical (unpaired) electrons. The van der Waals surface area contributed by atoms with E-state index in [2.05, 4.69) is 25.6 Å². The summed E-state index contributed by atoms with van der Waals surface area (Å²) in [5, 5.41) is 16.2. The molecule has 4 aromatic rings. The quantitative estimate of drug-likeness (QED) is 0.531. The van der Waals surface area contributed by atoms with Gasteiger partial charge in [0.25, 0.3) is 5.91 Å². The smallest absolute Gasteiger partial charge is 0.257 e. The molecule has 1 saturated heterocycles. The predicted molar refractivity (Wildman–Crippen MR) is 124 cm³/mol. The van der Waals surface area contributed by atoms with Gasteiger partial charge in [-0.2, -0.15) is 5.10 Å². The zero-order chi connectivity index (χ0) is 24.6. The van der Waals surface area contributed by atoms with Crippen LogP contribution in [0, 0.1) is 0 Å². The third-order valence-electron chi connectivity index (χ3n) is 5.48. The van der Waals surface area contributed by atoms with Crippen molar-refractivity contribution in [2.75, 3.05) is 43.4 Å². The summed E-state index contributed by atoms with van der Waals surface area (Å²) in [6.07, 6.45) is 5.30. The van der Waals surface area contributed by atoms with E-state index >= 15 is 0 Å². The third kappa shape index (κ3) is 4.15. The number of benzene rings is 1. The van der Waals surface area contributed by atoms with Crippen molar-refractivity contribution in [1.82, 2.24) is 29.9 Å². The molecule has 5 rings (SSSR count). The number of carbonyl (C=O) groups is 1. The molecule has 0 aliphatic carbocycles. The fourth-order valence-electron chi connectivity index (χ4n) is 3.71. The Bertz CT molecular complexity index is 1380. The van der Waals surface area contributed by atoms with Crippen LogP contribution in [0.1, 0.15) is 14.5 Å². The van der Waals surface area contributed by atoms with Crippen LogP contribution in [-0.4, -0.2) is 68.9 Å². The number of amides is 1. The van der Waals surface area contributed by atoms with E-state index in [1.165, 1.54) is 4.90 Å². The second-order valence-electron chi connectivity index (χ2n) is 7.74. The van der Waals surface area contributed by atoms with E-state index in [1.807, 2.05) is 36.3 Å². The molecule has 162 valence electrons. The fraction of sp³-hybridized carbons (Fsp3) is 0.261. The molecule has 9 heteroatoms. The van der Waals surface area contributed by atoms with Gasteiger partial charge in [0, 0.05) is 66.2 Å². The van der Waals surface area contributed by atoms with Gasteiger partial charge in [0.05, 0.1) is 11.7 Å². The van der Waals surface area contributed by atoms with Gasteiger partial charge in [0.2, 0.25) is 0 Å². The Morgan fingerprint density at radius 2 is 1.94 bits per heavy atom. The van der Waals surface area contributed by atoms with E-state index in [0.717, 1.165) is 22.0 Å². The normalized spacial score (nSPS) is 16.4. The highest BCUT2D eigenvalue weighted by atomic mass is 16.1. The van der Waals surface area contributed by atoms with Gasteiger partial charge in [0.1, 0.15) is 5.82 Å². The third-order valence-corrected chi connectivity index (χ3v) is 5.48. The van der Waals surface area contributed by atoms with E-state index in [1.54, 1.807) is 35.3 Å². The maximum absolute atomic E-state index is 12.9. The zero-order valence-corrected chi connectivity index (χ0v) is 17.6. The van der Waals surface area contributed by atoms with Crippen LogP contribution in [0.5, 0.6) is 0 Å². The lowest BCUT2D eigenvalue weighted by atomic mass is 10.1. The molecule has 0 spiro atoms. The lowest BCUT2D eigenvalue weighted by Gasteiger charge is -2.33. The number of pyridine rings is 1. The second kappa shape index (κ2) is 8.35. The van der Waals surface area contributed by atoms with Gasteiger partial charge in [-0.15, -0.1) is 10.2 Å². The van der Waals surface area contributed by atoms with E-state index < -0.39 is 6.98 Å². The maximum Gasteiger partial charge on any atom is 0.257 e. The number of nitrogens with zero attached hydrogens (tertiary/aromatic N) is 7. The van der Waals surface area contributed by atoms with Gasteiger partial charge in [-0.1, -0.05) is 6.07 Å². The first-order valence-electron chi connectivity index (χ1n) is 11.8. The number of fused-ring (bicyclic) bond motifs is 1. The van der Waals surface area contributed by atoms with Crippen LogP contribution in [-0.2, 0) is 7.05 Å². The zero-order valence-electron chi connectivity index (χ0n) is 20.6. The van der Waals surface area contributed by atoms with Crippen LogP contribution in [0.4, 0.5) is 11.6 Å². The Kier molecular flexibility index (Phi) is 4.38. The van der Waals surface area contributed by atoms with Crippen molar-refractivity contribution in [3.63, 3.8) is 0 Å². The molecule has 9 nitrogen and oxygen atoms in total. The highest BCUT2D eigenvalue weighted by Gasteiger charge is 2.17. The topological polar surface area (TPSA) is 92.1 Å². The molecule has 0 unspecified atom stereocenters. The van der Waals surface area contributed by atoms with Crippen molar-refractivity contribution in [2.45, 2.75) is 0 Å². The molecular weight excluding hydrogens is 404 g/mol. The average molecular weight is 432 g/mol. The van der Waals surface area contributed by atoms with Crippen LogP contribution < -0.4 is 10.2 Å². The van der Waals surface area contributed by atoms with E-state index in [0.29, 0.717) is 43.4 Å². The Labute approximate surface area is 189 Å². The maximum atomic E-state index is 12.9. The minimum Gasteiger partial charge on any atom is -0.354 e. The highest BCUT2D eigenvalue weighted by molar-refractivity contribution is 6.04. The first kappa shape index (κ1) is 16.8. The van der Waals surface area contributed by atoms with Crippen molar-refractivity contribution in [3.05, 3.63) is 60.6 Å². The molecular formula is C23H24N8O. The molecule has 1 aliphatic rings. The number of hydrogen-bond acceptors (Lipinski definition) is 7. The number of carbonyl (C=O) groups excluding carboxylic acids is 1. The largest absolute Gasteiger partial charge is 0.354 e. The Balaban J connectivity index is 1.31. The summed E-state index contributed by atoms with van der Waals surface area (Å²) in [6.45, 7) is -0.247. The number of rotatable bonds is 4. The van der Waals surface area contributed by atoms with Crippen molar-refractivity contribution in [1.29, 1.82) is 0 Å². The van der Waals surface area contributed by atoms with Crippen molar-refractivity contribution in [2.24, 2.45) is 7.05 Å². The minimum atomic E-state index is -2.10. The van der Waals surface area contributed by atoms with Crippen LogP contribution in [0.3, 0.4) is 0 Å². The first-order chi connectivity index (χ1) is 16.8. The summed E-state index contributed by atoms with van der Waals surface area (Å²) >= 11 is 0. The minimum absolute atomic E-state index is 0.327. The molecule has 3 aromatic heterocycles. The SMILES string of the molecule is [2H]C([2H])([2H])N1CCN(c2cc(C(=O)Nc3cc4cc(-c5cnn(C)c5)ccc4nn3)ccn2)CC1. The molecule has 32 heavy (non-hydrogen) atoms. The summed E-state index contributed by atoms with van der Waals surface area (Å²) in [4.78, 5) is 20.8. The second-order valence-corrected chi connectivity index (χ2v) is 7.74. The standard InChI is InChI=1S/C23H24N8O/c1-29-7-9-31(10-8-29)22-13-17(5-6-24-22)23(32)26-21-12-18-11-16(3-4-20(18)27-28-21)19-14-25-30(2)15-19/h3-6,11-15H,7-10H2,1-2H3,(H,26,28,32)/i1D3. The number of likely N-dealkylation sites (N-methyl/N-ethyl adjacent to an activating group) is 1. The summed E-state index contributed by atoms with van der Waals surface area (Å²) < 4.78 is 24.4. The van der Waals surface area contributed by atoms with E-state index in [-0.39, 0.29) is 5.91 Å². The number of piperazine rings is 1. The molecule has 4 heterocycles. The Morgan fingerprint density at radius 3 is 2.72 bits per heavy atom. The average Bonchev–Trinajstić information content (AvgIpc) is 3.29. The van der Waals surface area contributed by atoms with Crippen LogP contribution in [0.2, 0.25) is 0 Å².